The van der Waals surface area contributed by atoms with Crippen LogP contribution in [0, 0.1) is 10.1 Å². The van der Waals surface area contributed by atoms with Gasteiger partial charge >= 0.3 is 0 Å². The van der Waals surface area contributed by atoms with Gasteiger partial charge in [-0.15, -0.1) is 11.3 Å². The van der Waals surface area contributed by atoms with E-state index >= 15 is 0 Å². The van der Waals surface area contributed by atoms with Crippen LogP contribution in [-0.4, -0.2) is 48.2 Å². The number of nitrogens with zero attached hydrogens (tertiary/aromatic N) is 2. The standard InChI is InChI=1S/C22H23N5O5S2/c23-20(29)19-14-2-1-3-17(14)34-21(19)25-22(33)24-18(28)7-5-13-4-6-15(16(12-13)27(30)31)26-8-10-32-11-9-26/h4-7,12H,1-3,8-11H2,(H2,23,29)(H2,24,25,28,33)/b7-5+. The number of nitrogens with two attached hydrogens (primary N) is 1. The number of morpholine rings is 1. The summed E-state index contributed by atoms with van der Waals surface area (Å²) in [6.07, 6.45) is 5.39. The van der Waals surface area contributed by atoms with Crippen LogP contribution < -0.4 is 21.3 Å². The number of nitrogens with one attached hydrogen (secondary N) is 2. The fraction of sp³-hybridized carbons (Fsp3) is 0.318. The van der Waals surface area contributed by atoms with Gasteiger partial charge < -0.3 is 20.7 Å². The van der Waals surface area contributed by atoms with Crippen LogP contribution in [0.2, 0.25) is 0 Å². The van der Waals surface area contributed by atoms with Crippen LogP contribution in [0.4, 0.5) is 16.4 Å². The Morgan fingerprint density at radius 3 is 2.74 bits per heavy atom. The molecule has 4 N–H and O–H groups in total. The largest absolute Gasteiger partial charge is 0.378 e. The molecule has 10 nitrogen and oxygen atoms in total. The van der Waals surface area contributed by atoms with E-state index in [9.17, 15) is 19.7 Å². The Morgan fingerprint density at radius 2 is 2.03 bits per heavy atom. The predicted octanol–water partition coefficient (Wildman–Crippen LogP) is 2.61. The number of nitro groups is 1. The zero-order valence-corrected chi connectivity index (χ0v) is 19.8. The van der Waals surface area contributed by atoms with Crippen molar-refractivity contribution in [2.24, 2.45) is 5.73 Å². The van der Waals surface area contributed by atoms with E-state index in [-0.39, 0.29) is 10.8 Å². The number of hydrogen-bond acceptors (Lipinski definition) is 8. The van der Waals surface area contributed by atoms with Crippen LogP contribution in [0.1, 0.15) is 32.8 Å². The number of fused-ring (bicyclic) bond motifs is 1. The van der Waals surface area contributed by atoms with Crippen LogP contribution in [-0.2, 0) is 22.4 Å². The lowest BCUT2D eigenvalue weighted by Crippen LogP contribution is -2.36. The van der Waals surface area contributed by atoms with Gasteiger partial charge in [0.25, 0.3) is 11.6 Å². The van der Waals surface area contributed by atoms with Gasteiger partial charge in [-0.2, -0.15) is 0 Å². The van der Waals surface area contributed by atoms with E-state index in [4.69, 9.17) is 22.7 Å². The Bertz CT molecular complexity index is 1190. The molecule has 178 valence electrons. The summed E-state index contributed by atoms with van der Waals surface area (Å²) in [5.41, 5.74) is 7.91. The fourth-order valence-corrected chi connectivity index (χ4v) is 5.64. The summed E-state index contributed by atoms with van der Waals surface area (Å²) < 4.78 is 5.31. The molecule has 1 aliphatic heterocycles. The number of thiophene rings is 1. The molecule has 34 heavy (non-hydrogen) atoms. The third kappa shape index (κ3) is 5.24. The lowest BCUT2D eigenvalue weighted by Gasteiger charge is -2.28. The van der Waals surface area contributed by atoms with Crippen LogP contribution in [0.15, 0.2) is 24.3 Å². The molecule has 0 radical (unpaired) electrons. The van der Waals surface area contributed by atoms with Crippen molar-refractivity contribution < 1.29 is 19.2 Å². The highest BCUT2D eigenvalue weighted by atomic mass is 32.1. The van der Waals surface area contributed by atoms with Crippen molar-refractivity contribution in [1.29, 1.82) is 0 Å². The second kappa shape index (κ2) is 10.3. The molecular weight excluding hydrogens is 478 g/mol. The summed E-state index contributed by atoms with van der Waals surface area (Å²) in [7, 11) is 0. The van der Waals surface area contributed by atoms with Crippen molar-refractivity contribution in [3.05, 3.63) is 56.0 Å². The number of ether oxygens (including phenoxy) is 1. The summed E-state index contributed by atoms with van der Waals surface area (Å²) in [4.78, 5) is 38.4. The number of benzene rings is 1. The lowest BCUT2D eigenvalue weighted by molar-refractivity contribution is -0.384. The molecule has 2 amide bonds. The van der Waals surface area contributed by atoms with E-state index in [2.05, 4.69) is 10.6 Å². The number of carbonyl (C=O) groups is 2. The molecule has 12 heteroatoms. The van der Waals surface area contributed by atoms with Crippen molar-refractivity contribution >= 4 is 62.9 Å². The van der Waals surface area contributed by atoms with Crippen LogP contribution in [0.3, 0.4) is 0 Å². The highest BCUT2D eigenvalue weighted by molar-refractivity contribution is 7.80. The number of thiocarbonyl (C=S) groups is 1. The minimum atomic E-state index is -0.530. The number of hydrogen-bond donors (Lipinski definition) is 3. The van der Waals surface area contributed by atoms with Gasteiger partial charge in [-0.3, -0.25) is 25.0 Å². The maximum absolute atomic E-state index is 12.3. The molecule has 0 bridgehead atoms. The van der Waals surface area contributed by atoms with Gasteiger partial charge in [0, 0.05) is 30.1 Å². The van der Waals surface area contributed by atoms with Crippen molar-refractivity contribution in [1.82, 2.24) is 5.32 Å². The molecule has 2 aromatic rings. The average molecular weight is 502 g/mol. The van der Waals surface area contributed by atoms with Crippen molar-refractivity contribution in [2.75, 3.05) is 36.5 Å². The first-order valence-corrected chi connectivity index (χ1v) is 11.9. The molecule has 0 unspecified atom stereocenters. The molecule has 1 aliphatic carbocycles. The predicted molar refractivity (Wildman–Crippen MR) is 134 cm³/mol. The molecule has 2 aliphatic rings. The Balaban J connectivity index is 1.41. The molecular formula is C22H23N5O5S2. The van der Waals surface area contributed by atoms with Gasteiger partial charge in [0.15, 0.2) is 5.11 Å². The number of carbonyl (C=O) groups excluding carboxylic acids is 2. The topological polar surface area (TPSA) is 140 Å². The van der Waals surface area contributed by atoms with Gasteiger partial charge in [-0.25, -0.2) is 0 Å². The summed E-state index contributed by atoms with van der Waals surface area (Å²) >= 11 is 6.63. The first kappa shape index (κ1) is 23.8. The zero-order valence-electron chi connectivity index (χ0n) is 18.2. The molecule has 1 aromatic carbocycles. The zero-order chi connectivity index (χ0) is 24.2. The van der Waals surface area contributed by atoms with Gasteiger partial charge in [-0.1, -0.05) is 6.07 Å². The van der Waals surface area contributed by atoms with Crippen LogP contribution >= 0.6 is 23.6 Å². The monoisotopic (exact) mass is 501 g/mol. The quantitative estimate of drug-likeness (QED) is 0.238. The third-order valence-electron chi connectivity index (χ3n) is 5.61. The molecule has 2 heterocycles. The Labute approximate surface area is 204 Å². The molecule has 1 saturated heterocycles. The Kier molecular flexibility index (Phi) is 7.20. The van der Waals surface area contributed by atoms with Crippen molar-refractivity contribution in [2.45, 2.75) is 19.3 Å². The van der Waals surface area contributed by atoms with Crippen molar-refractivity contribution in [3.63, 3.8) is 0 Å². The van der Waals surface area contributed by atoms with Crippen LogP contribution in [0.25, 0.3) is 6.08 Å². The second-order valence-electron chi connectivity index (χ2n) is 7.81. The van der Waals surface area contributed by atoms with Crippen LogP contribution in [0.5, 0.6) is 0 Å². The first-order chi connectivity index (χ1) is 16.3. The summed E-state index contributed by atoms with van der Waals surface area (Å²) in [6, 6.07) is 4.82. The van der Waals surface area contributed by atoms with E-state index in [0.717, 1.165) is 29.7 Å². The van der Waals surface area contributed by atoms with E-state index in [0.29, 0.717) is 48.1 Å². The molecule has 0 atom stereocenters. The third-order valence-corrected chi connectivity index (χ3v) is 7.02. The van der Waals surface area contributed by atoms with Gasteiger partial charge in [-0.05, 0) is 54.7 Å². The minimum Gasteiger partial charge on any atom is -0.378 e. The highest BCUT2D eigenvalue weighted by Crippen LogP contribution is 2.38. The second-order valence-corrected chi connectivity index (χ2v) is 9.32. The number of nitro benzene ring substituents is 1. The summed E-state index contributed by atoms with van der Waals surface area (Å²) in [5, 5.41) is 17.6. The molecule has 1 fully saturated rings. The number of amides is 2. The van der Waals surface area contributed by atoms with Crippen molar-refractivity contribution in [3.8, 4) is 0 Å². The number of rotatable bonds is 6. The fourth-order valence-electron chi connectivity index (χ4n) is 4.07. The normalized spacial score (nSPS) is 15.2. The van der Waals surface area contributed by atoms with Gasteiger partial charge in [0.1, 0.15) is 10.7 Å². The summed E-state index contributed by atoms with van der Waals surface area (Å²) in [5.74, 6) is -1.04. The van der Waals surface area contributed by atoms with E-state index < -0.39 is 16.7 Å². The van der Waals surface area contributed by atoms with E-state index in [1.807, 2.05) is 4.90 Å². The van der Waals surface area contributed by atoms with Gasteiger partial charge in [0.2, 0.25) is 5.91 Å². The number of anilines is 2. The maximum atomic E-state index is 12.3. The lowest BCUT2D eigenvalue weighted by atomic mass is 10.1. The minimum absolute atomic E-state index is 0.0331. The molecule has 0 spiro atoms. The average Bonchev–Trinajstić information content (AvgIpc) is 3.38. The van der Waals surface area contributed by atoms with Gasteiger partial charge in [0.05, 0.1) is 23.7 Å². The number of primary amides is 1. The first-order valence-electron chi connectivity index (χ1n) is 10.7. The SMILES string of the molecule is NC(=O)c1c(NC(=S)NC(=O)/C=C/c2ccc(N3CCOCC3)c([N+](=O)[O-])c2)sc2c1CCC2. The maximum Gasteiger partial charge on any atom is 0.293 e. The smallest absolute Gasteiger partial charge is 0.293 e. The molecule has 0 saturated carbocycles. The molecule has 1 aromatic heterocycles. The number of aryl methyl sites for hydroxylation is 1. The van der Waals surface area contributed by atoms with E-state index in [1.54, 1.807) is 12.1 Å². The van der Waals surface area contributed by atoms with E-state index in [1.165, 1.54) is 29.6 Å². The Hall–Kier alpha value is -3.35. The highest BCUT2D eigenvalue weighted by Gasteiger charge is 2.26. The Morgan fingerprint density at radius 1 is 1.26 bits per heavy atom. The summed E-state index contributed by atoms with van der Waals surface area (Å²) in [6.45, 7) is 2.19. The molecule has 4 rings (SSSR count).